The van der Waals surface area contributed by atoms with Gasteiger partial charge in [-0.05, 0) is 43.7 Å². The van der Waals surface area contributed by atoms with Crippen molar-refractivity contribution in [2.24, 2.45) is 11.8 Å². The third-order valence-corrected chi connectivity index (χ3v) is 7.09. The minimum atomic E-state index is -0.0429. The van der Waals surface area contributed by atoms with E-state index in [0.717, 1.165) is 25.2 Å². The molecule has 0 aliphatic carbocycles. The van der Waals surface area contributed by atoms with Gasteiger partial charge in [-0.3, -0.25) is 9.58 Å². The topological polar surface area (TPSA) is 53.4 Å². The Morgan fingerprint density at radius 1 is 1.21 bits per heavy atom. The first kappa shape index (κ1) is 18.7. The van der Waals surface area contributed by atoms with Gasteiger partial charge in [0.2, 0.25) is 0 Å². The van der Waals surface area contributed by atoms with E-state index in [4.69, 9.17) is 0 Å². The average molecular weight is 394 g/mol. The molecular formula is C23H31N5O. The zero-order valence-electron chi connectivity index (χ0n) is 17.2. The van der Waals surface area contributed by atoms with Gasteiger partial charge in [-0.25, -0.2) is 4.79 Å². The van der Waals surface area contributed by atoms with Crippen LogP contribution < -0.4 is 5.32 Å². The minimum Gasteiger partial charge on any atom is -0.331 e. The van der Waals surface area contributed by atoms with Crippen LogP contribution in [0.5, 0.6) is 0 Å². The SMILES string of the molecule is C[C@H](NC(=O)N1C[C@@H]2CN3CCCC[C@H]3[C@H]2C1)c1cnn(Cc2ccccc2)c1. The summed E-state index contributed by atoms with van der Waals surface area (Å²) >= 11 is 0. The molecule has 6 nitrogen and oxygen atoms in total. The molecule has 5 rings (SSSR count). The van der Waals surface area contributed by atoms with Crippen molar-refractivity contribution >= 4 is 6.03 Å². The molecule has 1 N–H and O–H groups in total. The Hall–Kier alpha value is -2.34. The monoisotopic (exact) mass is 393 g/mol. The highest BCUT2D eigenvalue weighted by atomic mass is 16.2. The molecule has 0 unspecified atom stereocenters. The summed E-state index contributed by atoms with van der Waals surface area (Å²) in [6.45, 7) is 7.05. The van der Waals surface area contributed by atoms with Crippen LogP contribution in [0.2, 0.25) is 0 Å². The highest BCUT2D eigenvalue weighted by Crippen LogP contribution is 2.40. The number of hydrogen-bond donors (Lipinski definition) is 1. The van der Waals surface area contributed by atoms with Crippen LogP contribution in [-0.4, -0.2) is 57.8 Å². The van der Waals surface area contributed by atoms with Gasteiger partial charge in [0.05, 0.1) is 18.8 Å². The van der Waals surface area contributed by atoms with Gasteiger partial charge in [-0.1, -0.05) is 36.8 Å². The average Bonchev–Trinajstić information content (AvgIpc) is 3.43. The summed E-state index contributed by atoms with van der Waals surface area (Å²) in [5.74, 6) is 1.33. The lowest BCUT2D eigenvalue weighted by atomic mass is 9.90. The third kappa shape index (κ3) is 3.78. The summed E-state index contributed by atoms with van der Waals surface area (Å²) < 4.78 is 1.94. The van der Waals surface area contributed by atoms with Gasteiger partial charge in [0.1, 0.15) is 0 Å². The molecule has 3 aliphatic rings. The van der Waals surface area contributed by atoms with Gasteiger partial charge in [0.25, 0.3) is 0 Å². The molecule has 2 aromatic rings. The summed E-state index contributed by atoms with van der Waals surface area (Å²) in [5, 5.41) is 7.67. The van der Waals surface area contributed by atoms with Crippen LogP contribution in [-0.2, 0) is 6.54 Å². The van der Waals surface area contributed by atoms with E-state index in [1.807, 2.05) is 47.1 Å². The Labute approximate surface area is 172 Å². The predicted octanol–water partition coefficient (Wildman–Crippen LogP) is 3.12. The van der Waals surface area contributed by atoms with Gasteiger partial charge in [-0.15, -0.1) is 0 Å². The molecule has 0 radical (unpaired) electrons. The number of likely N-dealkylation sites (tertiary alicyclic amines) is 1. The fraction of sp³-hybridized carbons (Fsp3) is 0.565. The summed E-state index contributed by atoms with van der Waals surface area (Å²) in [6, 6.07) is 11.0. The molecule has 0 spiro atoms. The lowest BCUT2D eigenvalue weighted by molar-refractivity contribution is 0.153. The number of amides is 2. The number of benzene rings is 1. The Balaban J connectivity index is 1.17. The fourth-order valence-electron chi connectivity index (χ4n) is 5.54. The normalized spacial score (nSPS) is 27.5. The van der Waals surface area contributed by atoms with Gasteiger partial charge in [-0.2, -0.15) is 5.10 Å². The number of piperidine rings is 1. The number of nitrogens with zero attached hydrogens (tertiary/aromatic N) is 4. The molecular weight excluding hydrogens is 362 g/mol. The smallest absolute Gasteiger partial charge is 0.317 e. The number of carbonyl (C=O) groups excluding carboxylic acids is 1. The summed E-state index contributed by atoms with van der Waals surface area (Å²) in [7, 11) is 0. The van der Waals surface area contributed by atoms with E-state index in [2.05, 4.69) is 27.4 Å². The molecule has 4 heterocycles. The van der Waals surface area contributed by atoms with Gasteiger partial charge in [0, 0.05) is 37.4 Å². The van der Waals surface area contributed by atoms with Crippen LogP contribution in [0.15, 0.2) is 42.7 Å². The van der Waals surface area contributed by atoms with E-state index in [1.54, 1.807) is 0 Å². The Morgan fingerprint density at radius 3 is 2.93 bits per heavy atom. The maximum absolute atomic E-state index is 12.9. The van der Waals surface area contributed by atoms with Crippen molar-refractivity contribution < 1.29 is 4.79 Å². The van der Waals surface area contributed by atoms with Gasteiger partial charge >= 0.3 is 6.03 Å². The standard InChI is InChI=1S/C23H31N5O/c1-17(19-11-24-28(15-19)12-18-7-3-2-4-8-18)25-23(29)27-14-20-13-26-10-6-5-9-22(26)21(20)16-27/h2-4,7-8,11,15,17,20-22H,5-6,9-10,12-14,16H2,1H3,(H,25,29)/t17-,20-,21-,22-/m0/s1. The van der Waals surface area contributed by atoms with Crippen molar-refractivity contribution in [3.05, 3.63) is 53.9 Å². The molecule has 154 valence electrons. The molecule has 4 atom stereocenters. The molecule has 1 aromatic carbocycles. The number of nitrogens with one attached hydrogen (secondary N) is 1. The number of urea groups is 1. The molecule has 3 fully saturated rings. The van der Waals surface area contributed by atoms with Crippen molar-refractivity contribution in [3.63, 3.8) is 0 Å². The highest BCUT2D eigenvalue weighted by Gasteiger charge is 2.48. The first-order chi connectivity index (χ1) is 14.2. The maximum atomic E-state index is 12.9. The minimum absolute atomic E-state index is 0.0429. The highest BCUT2D eigenvalue weighted by molar-refractivity contribution is 5.75. The summed E-state index contributed by atoms with van der Waals surface area (Å²) in [5.41, 5.74) is 2.27. The third-order valence-electron chi connectivity index (χ3n) is 7.09. The van der Waals surface area contributed by atoms with Crippen molar-refractivity contribution in [3.8, 4) is 0 Å². The zero-order chi connectivity index (χ0) is 19.8. The molecule has 0 bridgehead atoms. The lowest BCUT2D eigenvalue weighted by Gasteiger charge is -2.33. The maximum Gasteiger partial charge on any atom is 0.317 e. The fourth-order valence-corrected chi connectivity index (χ4v) is 5.54. The first-order valence-electron chi connectivity index (χ1n) is 11.0. The van der Waals surface area contributed by atoms with Crippen molar-refractivity contribution in [2.45, 2.75) is 44.8 Å². The van der Waals surface area contributed by atoms with Gasteiger partial charge < -0.3 is 10.2 Å². The van der Waals surface area contributed by atoms with E-state index in [1.165, 1.54) is 37.9 Å². The molecule has 2 amide bonds. The largest absolute Gasteiger partial charge is 0.331 e. The second-order valence-electron chi connectivity index (χ2n) is 9.02. The van der Waals surface area contributed by atoms with E-state index >= 15 is 0 Å². The van der Waals surface area contributed by atoms with Crippen LogP contribution in [0, 0.1) is 11.8 Å². The molecule has 29 heavy (non-hydrogen) atoms. The molecule has 0 saturated carbocycles. The number of fused-ring (bicyclic) bond motifs is 3. The predicted molar refractivity (Wildman–Crippen MR) is 112 cm³/mol. The molecule has 3 saturated heterocycles. The van der Waals surface area contributed by atoms with Crippen molar-refractivity contribution in [1.82, 2.24) is 24.9 Å². The van der Waals surface area contributed by atoms with Crippen molar-refractivity contribution in [1.29, 1.82) is 0 Å². The molecule has 6 heteroatoms. The second-order valence-corrected chi connectivity index (χ2v) is 9.02. The number of carbonyl (C=O) groups is 1. The van der Waals surface area contributed by atoms with Crippen LogP contribution in [0.1, 0.15) is 43.4 Å². The quantitative estimate of drug-likeness (QED) is 0.868. The van der Waals surface area contributed by atoms with E-state index in [9.17, 15) is 4.79 Å². The number of aromatic nitrogens is 2. The molecule has 1 aromatic heterocycles. The van der Waals surface area contributed by atoms with Crippen LogP contribution >= 0.6 is 0 Å². The van der Waals surface area contributed by atoms with E-state index in [-0.39, 0.29) is 12.1 Å². The second kappa shape index (κ2) is 7.82. The van der Waals surface area contributed by atoms with E-state index in [0.29, 0.717) is 17.9 Å². The number of rotatable bonds is 4. The van der Waals surface area contributed by atoms with E-state index < -0.39 is 0 Å². The van der Waals surface area contributed by atoms with Gasteiger partial charge in [0.15, 0.2) is 0 Å². The Morgan fingerprint density at radius 2 is 2.07 bits per heavy atom. The van der Waals surface area contributed by atoms with Crippen LogP contribution in [0.4, 0.5) is 4.79 Å². The molecule has 3 aliphatic heterocycles. The van der Waals surface area contributed by atoms with Crippen molar-refractivity contribution in [2.75, 3.05) is 26.2 Å². The first-order valence-corrected chi connectivity index (χ1v) is 11.0. The van der Waals surface area contributed by atoms with Crippen LogP contribution in [0.25, 0.3) is 0 Å². The summed E-state index contributed by atoms with van der Waals surface area (Å²) in [6.07, 6.45) is 7.91. The Bertz CT molecular complexity index is 850. The summed E-state index contributed by atoms with van der Waals surface area (Å²) in [4.78, 5) is 17.6. The Kier molecular flexibility index (Phi) is 5.04. The van der Waals surface area contributed by atoms with Crippen LogP contribution in [0.3, 0.4) is 0 Å². The number of hydrogen-bond acceptors (Lipinski definition) is 3. The lowest BCUT2D eigenvalue weighted by Crippen LogP contribution is -2.44. The zero-order valence-corrected chi connectivity index (χ0v) is 17.2.